The molecule has 0 radical (unpaired) electrons. The summed E-state index contributed by atoms with van der Waals surface area (Å²) in [6.45, 7) is 8.16. The van der Waals surface area contributed by atoms with Crippen LogP contribution in [-0.2, 0) is 0 Å². The third kappa shape index (κ3) is 1.06. The molecule has 0 aromatic heterocycles. The van der Waals surface area contributed by atoms with E-state index in [9.17, 15) is 4.39 Å². The fourth-order valence-corrected chi connectivity index (χ4v) is 1.73. The van der Waals surface area contributed by atoms with Gasteiger partial charge in [-0.1, -0.05) is 27.7 Å². The Bertz CT molecular complexity index is 129. The zero-order valence-corrected chi connectivity index (χ0v) is 7.32. The van der Waals surface area contributed by atoms with Crippen molar-refractivity contribution in [1.82, 2.24) is 0 Å². The van der Waals surface area contributed by atoms with Crippen molar-refractivity contribution in [2.45, 2.75) is 39.8 Å². The molecule has 0 aromatic carbocycles. The van der Waals surface area contributed by atoms with E-state index in [1.165, 1.54) is 0 Å². The molecule has 1 saturated carbocycles. The van der Waals surface area contributed by atoms with Crippen LogP contribution in [0.1, 0.15) is 34.1 Å². The molecule has 1 fully saturated rings. The summed E-state index contributed by atoms with van der Waals surface area (Å²) in [7, 11) is 0. The van der Waals surface area contributed by atoms with Crippen LogP contribution in [0.2, 0.25) is 0 Å². The van der Waals surface area contributed by atoms with Crippen molar-refractivity contribution < 1.29 is 4.39 Å². The molecule has 10 heavy (non-hydrogen) atoms. The number of halogens is 1. The SMILES string of the molecule is CC(C)C1CC1(F)C(C)C. The molecule has 1 heteroatoms. The van der Waals surface area contributed by atoms with Crippen molar-refractivity contribution in [3.05, 3.63) is 0 Å². The average Bonchev–Trinajstić information content (AvgIpc) is 2.43. The summed E-state index contributed by atoms with van der Waals surface area (Å²) in [5, 5.41) is 0. The fraction of sp³-hybridized carbons (Fsp3) is 1.00. The first-order valence-electron chi connectivity index (χ1n) is 4.17. The van der Waals surface area contributed by atoms with E-state index in [-0.39, 0.29) is 5.92 Å². The lowest BCUT2D eigenvalue weighted by atomic mass is 9.99. The van der Waals surface area contributed by atoms with Crippen molar-refractivity contribution in [2.24, 2.45) is 17.8 Å². The Morgan fingerprint density at radius 3 is 1.90 bits per heavy atom. The van der Waals surface area contributed by atoms with Gasteiger partial charge in [0.15, 0.2) is 0 Å². The van der Waals surface area contributed by atoms with Gasteiger partial charge in [-0.2, -0.15) is 0 Å². The van der Waals surface area contributed by atoms with E-state index in [1.54, 1.807) is 0 Å². The van der Waals surface area contributed by atoms with Crippen molar-refractivity contribution in [3.63, 3.8) is 0 Å². The fourth-order valence-electron chi connectivity index (χ4n) is 1.73. The standard InChI is InChI=1S/C9H17F/c1-6(2)8-5-9(8,10)7(3)4/h6-8H,5H2,1-4H3. The highest BCUT2D eigenvalue weighted by atomic mass is 19.1. The van der Waals surface area contributed by atoms with Gasteiger partial charge in [0, 0.05) is 0 Å². The predicted molar refractivity (Wildman–Crippen MR) is 41.6 cm³/mol. The summed E-state index contributed by atoms with van der Waals surface area (Å²) in [4.78, 5) is 0. The molecular weight excluding hydrogens is 127 g/mol. The Balaban J connectivity index is 2.48. The normalized spacial score (nSPS) is 39.3. The lowest BCUT2D eigenvalue weighted by Gasteiger charge is -2.13. The highest BCUT2D eigenvalue weighted by molar-refractivity contribution is 5.06. The third-order valence-corrected chi connectivity index (χ3v) is 2.75. The summed E-state index contributed by atoms with van der Waals surface area (Å²) in [5.41, 5.74) is -0.811. The molecule has 0 heterocycles. The monoisotopic (exact) mass is 144 g/mol. The Kier molecular flexibility index (Phi) is 1.78. The highest BCUT2D eigenvalue weighted by Crippen LogP contribution is 2.55. The summed E-state index contributed by atoms with van der Waals surface area (Å²) >= 11 is 0. The van der Waals surface area contributed by atoms with E-state index in [0.29, 0.717) is 11.8 Å². The summed E-state index contributed by atoms with van der Waals surface area (Å²) in [6.07, 6.45) is 0.794. The van der Waals surface area contributed by atoms with Crippen molar-refractivity contribution in [1.29, 1.82) is 0 Å². The van der Waals surface area contributed by atoms with E-state index < -0.39 is 5.67 Å². The Hall–Kier alpha value is -0.0700. The summed E-state index contributed by atoms with van der Waals surface area (Å²) in [5.74, 6) is 1.07. The molecule has 0 bridgehead atoms. The van der Waals surface area contributed by atoms with Gasteiger partial charge < -0.3 is 0 Å². The van der Waals surface area contributed by atoms with Gasteiger partial charge in [-0.15, -0.1) is 0 Å². The van der Waals surface area contributed by atoms with Gasteiger partial charge in [0.25, 0.3) is 0 Å². The van der Waals surface area contributed by atoms with E-state index in [4.69, 9.17) is 0 Å². The Morgan fingerprint density at radius 1 is 1.30 bits per heavy atom. The molecule has 0 aliphatic heterocycles. The van der Waals surface area contributed by atoms with E-state index in [0.717, 1.165) is 6.42 Å². The van der Waals surface area contributed by atoms with Crippen molar-refractivity contribution in [2.75, 3.05) is 0 Å². The summed E-state index contributed by atoms with van der Waals surface area (Å²) < 4.78 is 13.5. The van der Waals surface area contributed by atoms with E-state index >= 15 is 0 Å². The van der Waals surface area contributed by atoms with Crippen molar-refractivity contribution in [3.8, 4) is 0 Å². The van der Waals surface area contributed by atoms with Gasteiger partial charge >= 0.3 is 0 Å². The number of alkyl halides is 1. The first-order chi connectivity index (χ1) is 4.48. The molecule has 1 aliphatic rings. The van der Waals surface area contributed by atoms with Crippen LogP contribution in [0.25, 0.3) is 0 Å². The molecule has 0 N–H and O–H groups in total. The lowest BCUT2D eigenvalue weighted by Crippen LogP contribution is -2.15. The molecule has 1 rings (SSSR count). The number of hydrogen-bond donors (Lipinski definition) is 0. The largest absolute Gasteiger partial charge is 0.243 e. The molecule has 0 saturated heterocycles. The summed E-state index contributed by atoms with van der Waals surface area (Å²) in [6, 6.07) is 0. The second kappa shape index (κ2) is 2.21. The van der Waals surface area contributed by atoms with E-state index in [1.807, 2.05) is 13.8 Å². The molecule has 0 nitrogen and oxygen atoms in total. The van der Waals surface area contributed by atoms with Crippen LogP contribution in [0.3, 0.4) is 0 Å². The maximum Gasteiger partial charge on any atom is 0.116 e. The molecular formula is C9H17F. The van der Waals surface area contributed by atoms with Crippen LogP contribution in [0.5, 0.6) is 0 Å². The van der Waals surface area contributed by atoms with Crippen LogP contribution < -0.4 is 0 Å². The topological polar surface area (TPSA) is 0 Å². The van der Waals surface area contributed by atoms with Gasteiger partial charge in [0.1, 0.15) is 5.67 Å². The van der Waals surface area contributed by atoms with Crippen molar-refractivity contribution >= 4 is 0 Å². The Labute approximate surface area is 62.8 Å². The lowest BCUT2D eigenvalue weighted by molar-refractivity contribution is 0.190. The maximum atomic E-state index is 13.5. The third-order valence-electron chi connectivity index (χ3n) is 2.75. The van der Waals surface area contributed by atoms with Crippen LogP contribution in [0.4, 0.5) is 4.39 Å². The van der Waals surface area contributed by atoms with Gasteiger partial charge in [-0.3, -0.25) is 0 Å². The van der Waals surface area contributed by atoms with Crippen LogP contribution in [0.15, 0.2) is 0 Å². The van der Waals surface area contributed by atoms with Gasteiger partial charge in [-0.25, -0.2) is 4.39 Å². The highest BCUT2D eigenvalue weighted by Gasteiger charge is 2.58. The molecule has 2 unspecified atom stereocenters. The molecule has 1 aliphatic carbocycles. The minimum Gasteiger partial charge on any atom is -0.243 e. The smallest absolute Gasteiger partial charge is 0.116 e. The maximum absolute atomic E-state index is 13.5. The van der Waals surface area contributed by atoms with Crippen LogP contribution in [0, 0.1) is 17.8 Å². The number of rotatable bonds is 2. The minimum absolute atomic E-state index is 0.208. The second-order valence-electron chi connectivity index (χ2n) is 4.14. The van der Waals surface area contributed by atoms with Gasteiger partial charge in [-0.05, 0) is 24.2 Å². The molecule has 0 spiro atoms. The van der Waals surface area contributed by atoms with Gasteiger partial charge in [0.2, 0.25) is 0 Å². The first kappa shape index (κ1) is 8.03. The molecule has 0 amide bonds. The van der Waals surface area contributed by atoms with E-state index in [2.05, 4.69) is 13.8 Å². The second-order valence-corrected chi connectivity index (χ2v) is 4.14. The van der Waals surface area contributed by atoms with Crippen LogP contribution in [-0.4, -0.2) is 5.67 Å². The Morgan fingerprint density at radius 2 is 1.80 bits per heavy atom. The number of hydrogen-bond acceptors (Lipinski definition) is 0. The van der Waals surface area contributed by atoms with Crippen LogP contribution >= 0.6 is 0 Å². The quantitative estimate of drug-likeness (QED) is 0.559. The molecule has 0 aromatic rings. The zero-order valence-electron chi connectivity index (χ0n) is 7.32. The molecule has 2 atom stereocenters. The minimum atomic E-state index is -0.811. The first-order valence-corrected chi connectivity index (χ1v) is 4.17. The zero-order chi connectivity index (χ0) is 7.94. The predicted octanol–water partition coefficient (Wildman–Crippen LogP) is 3.03. The van der Waals surface area contributed by atoms with Gasteiger partial charge in [0.05, 0.1) is 0 Å². The average molecular weight is 144 g/mol. The molecule has 60 valence electrons.